The summed E-state index contributed by atoms with van der Waals surface area (Å²) in [6, 6.07) is 0. The van der Waals surface area contributed by atoms with E-state index in [9.17, 15) is 17.4 Å². The lowest BCUT2D eigenvalue weighted by atomic mass is 11.6. The molecule has 0 bridgehead atoms. The van der Waals surface area contributed by atoms with Crippen molar-refractivity contribution in [3.63, 3.8) is 0 Å². The monoisotopic (exact) mass is 179 g/mol. The van der Waals surface area contributed by atoms with E-state index in [1.807, 2.05) is 0 Å². The van der Waals surface area contributed by atoms with E-state index in [1.165, 1.54) is 0 Å². The Morgan fingerprint density at radius 2 is 2.00 bits per heavy atom. The average molecular weight is 179 g/mol. The summed E-state index contributed by atoms with van der Waals surface area (Å²) in [4.78, 5) is 0. The SMILES string of the molecule is CS(=O)NSC(F)(F)F. The van der Waals surface area contributed by atoms with Crippen molar-refractivity contribution in [2.45, 2.75) is 5.51 Å². The molecule has 56 valence electrons. The first-order chi connectivity index (χ1) is 3.92. The molecule has 0 aliphatic carbocycles. The van der Waals surface area contributed by atoms with Crippen LogP contribution in [0.4, 0.5) is 13.2 Å². The Kier molecular flexibility index (Phi) is 3.52. The van der Waals surface area contributed by atoms with Gasteiger partial charge in [0, 0.05) is 18.2 Å². The second kappa shape index (κ2) is 3.43. The van der Waals surface area contributed by atoms with Crippen LogP contribution in [0.3, 0.4) is 0 Å². The largest absolute Gasteiger partial charge is 0.457 e. The van der Waals surface area contributed by atoms with Gasteiger partial charge in [0.2, 0.25) is 0 Å². The smallest absolute Gasteiger partial charge is 0.242 e. The van der Waals surface area contributed by atoms with Crippen LogP contribution in [0.2, 0.25) is 0 Å². The molecule has 0 rings (SSSR count). The first kappa shape index (κ1) is 9.25. The van der Waals surface area contributed by atoms with Crippen LogP contribution in [0.25, 0.3) is 0 Å². The van der Waals surface area contributed by atoms with Gasteiger partial charge in [-0.1, -0.05) is 0 Å². The van der Waals surface area contributed by atoms with Crippen LogP contribution in [0.1, 0.15) is 0 Å². The molecule has 0 saturated carbocycles. The molecule has 1 N–H and O–H groups in total. The zero-order valence-corrected chi connectivity index (χ0v) is 5.99. The molecule has 0 aromatic heterocycles. The predicted molar refractivity (Wildman–Crippen MR) is 30.8 cm³/mol. The van der Waals surface area contributed by atoms with E-state index in [1.54, 1.807) is 4.13 Å². The molecule has 0 radical (unpaired) electrons. The van der Waals surface area contributed by atoms with E-state index >= 15 is 0 Å². The number of halogens is 3. The molecule has 0 amide bonds. The molecule has 0 aromatic carbocycles. The molecule has 0 saturated heterocycles. The fourth-order valence-electron chi connectivity index (χ4n) is 0.106. The molecule has 0 aliphatic heterocycles. The van der Waals surface area contributed by atoms with Crippen LogP contribution in [-0.2, 0) is 11.0 Å². The Bertz CT molecular complexity index is 113. The third-order valence-electron chi connectivity index (χ3n) is 0.275. The molecular formula is C2H4F3NOS2. The predicted octanol–water partition coefficient (Wildman–Crippen LogP) is 1.04. The van der Waals surface area contributed by atoms with Gasteiger partial charge < -0.3 is 0 Å². The Hall–Kier alpha value is 0.250. The molecule has 1 atom stereocenters. The van der Waals surface area contributed by atoms with Crippen molar-refractivity contribution >= 4 is 22.9 Å². The van der Waals surface area contributed by atoms with Gasteiger partial charge in [0.25, 0.3) is 0 Å². The maximum Gasteiger partial charge on any atom is 0.457 e. The highest BCUT2D eigenvalue weighted by molar-refractivity contribution is 8.07. The van der Waals surface area contributed by atoms with Crippen molar-refractivity contribution in [3.05, 3.63) is 0 Å². The van der Waals surface area contributed by atoms with Gasteiger partial charge in [-0.15, -0.1) is 0 Å². The molecule has 0 fully saturated rings. The highest BCUT2D eigenvalue weighted by atomic mass is 32.2. The highest BCUT2D eigenvalue weighted by Crippen LogP contribution is 2.27. The lowest BCUT2D eigenvalue weighted by Crippen LogP contribution is -2.14. The van der Waals surface area contributed by atoms with Crippen molar-refractivity contribution in [3.8, 4) is 0 Å². The summed E-state index contributed by atoms with van der Waals surface area (Å²) in [5, 5.41) is 0. The molecule has 7 heteroatoms. The molecule has 0 heterocycles. The average Bonchev–Trinajstić information content (AvgIpc) is 1.59. The van der Waals surface area contributed by atoms with Crippen molar-refractivity contribution < 1.29 is 17.4 Å². The molecule has 9 heavy (non-hydrogen) atoms. The van der Waals surface area contributed by atoms with Crippen molar-refractivity contribution in [1.82, 2.24) is 4.13 Å². The lowest BCUT2D eigenvalue weighted by Gasteiger charge is -2.02. The summed E-state index contributed by atoms with van der Waals surface area (Å²) in [6.07, 6.45) is 1.12. The quantitative estimate of drug-likeness (QED) is 0.642. The highest BCUT2D eigenvalue weighted by Gasteiger charge is 2.28. The summed E-state index contributed by atoms with van der Waals surface area (Å²) in [5.41, 5.74) is -4.36. The number of alkyl halides is 3. The molecule has 1 unspecified atom stereocenters. The molecule has 2 nitrogen and oxygen atoms in total. The summed E-state index contributed by atoms with van der Waals surface area (Å²) in [7, 11) is -1.62. The van der Waals surface area contributed by atoms with Crippen LogP contribution in [0.15, 0.2) is 0 Å². The second-order valence-electron chi connectivity index (χ2n) is 1.09. The van der Waals surface area contributed by atoms with Crippen LogP contribution in [0.5, 0.6) is 0 Å². The van der Waals surface area contributed by atoms with E-state index in [0.717, 1.165) is 6.26 Å². The fraction of sp³-hybridized carbons (Fsp3) is 1.00. The van der Waals surface area contributed by atoms with Gasteiger partial charge in [0.15, 0.2) is 0 Å². The molecule has 0 aromatic rings. The second-order valence-corrected chi connectivity index (χ2v) is 3.33. The minimum Gasteiger partial charge on any atom is -0.242 e. The van der Waals surface area contributed by atoms with Gasteiger partial charge in [0.05, 0.1) is 11.0 Å². The van der Waals surface area contributed by atoms with Gasteiger partial charge in [-0.3, -0.25) is 0 Å². The standard InChI is InChI=1S/C2H4F3NOS2/c1-9(7)6-8-2(3,4)5/h6H,1H3. The topological polar surface area (TPSA) is 29.1 Å². The van der Waals surface area contributed by atoms with Gasteiger partial charge >= 0.3 is 5.51 Å². The van der Waals surface area contributed by atoms with Gasteiger partial charge in [-0.05, 0) is 0 Å². The Labute approximate surface area is 56.9 Å². The summed E-state index contributed by atoms with van der Waals surface area (Å²) in [5.74, 6) is 0. The third kappa shape index (κ3) is 8.25. The maximum absolute atomic E-state index is 11.2. The number of hydrogen-bond donors (Lipinski definition) is 1. The molecular weight excluding hydrogens is 175 g/mol. The summed E-state index contributed by atoms with van der Waals surface area (Å²) < 4.78 is 45.2. The first-order valence-electron chi connectivity index (χ1n) is 1.75. The Morgan fingerprint density at radius 3 is 2.11 bits per heavy atom. The normalized spacial score (nSPS) is 15.6. The van der Waals surface area contributed by atoms with Crippen molar-refractivity contribution in [2.24, 2.45) is 0 Å². The van der Waals surface area contributed by atoms with E-state index in [-0.39, 0.29) is 0 Å². The molecule has 0 spiro atoms. The zero-order chi connectivity index (χ0) is 7.49. The van der Waals surface area contributed by atoms with Crippen LogP contribution < -0.4 is 4.13 Å². The number of nitrogens with one attached hydrogen (secondary N) is 1. The van der Waals surface area contributed by atoms with E-state index in [2.05, 4.69) is 0 Å². The van der Waals surface area contributed by atoms with Gasteiger partial charge in [0.1, 0.15) is 0 Å². The van der Waals surface area contributed by atoms with Gasteiger partial charge in [-0.2, -0.15) is 17.3 Å². The van der Waals surface area contributed by atoms with Gasteiger partial charge in [-0.25, -0.2) is 4.21 Å². The third-order valence-corrected chi connectivity index (χ3v) is 1.78. The van der Waals surface area contributed by atoms with Crippen LogP contribution in [-0.4, -0.2) is 16.0 Å². The number of rotatable bonds is 2. The van der Waals surface area contributed by atoms with E-state index < -0.39 is 28.4 Å². The van der Waals surface area contributed by atoms with Crippen molar-refractivity contribution in [1.29, 1.82) is 0 Å². The van der Waals surface area contributed by atoms with E-state index in [4.69, 9.17) is 0 Å². The summed E-state index contributed by atoms with van der Waals surface area (Å²) in [6.45, 7) is 0. The fourth-order valence-corrected chi connectivity index (χ4v) is 0.953. The zero-order valence-electron chi connectivity index (χ0n) is 4.36. The Balaban J connectivity index is 3.39. The number of hydrogen-bond acceptors (Lipinski definition) is 2. The Morgan fingerprint density at radius 1 is 1.56 bits per heavy atom. The van der Waals surface area contributed by atoms with E-state index in [0.29, 0.717) is 0 Å². The summed E-state index contributed by atoms with van der Waals surface area (Å²) >= 11 is -0.508. The maximum atomic E-state index is 11.2. The first-order valence-corrected chi connectivity index (χ1v) is 4.13. The molecule has 0 aliphatic rings. The van der Waals surface area contributed by atoms with Crippen molar-refractivity contribution in [2.75, 3.05) is 6.26 Å². The van der Waals surface area contributed by atoms with Crippen LogP contribution in [0, 0.1) is 0 Å². The van der Waals surface area contributed by atoms with Crippen LogP contribution >= 0.6 is 11.9 Å². The minimum absolute atomic E-state index is 0.508. The minimum atomic E-state index is -4.36. The lowest BCUT2D eigenvalue weighted by molar-refractivity contribution is -0.0331.